The summed E-state index contributed by atoms with van der Waals surface area (Å²) in [5.74, 6) is 0.202. The van der Waals surface area contributed by atoms with Gasteiger partial charge in [-0.1, -0.05) is 0 Å². The molecule has 2 N–H and O–H groups in total. The number of hydrogen-bond acceptors (Lipinski definition) is 6. The van der Waals surface area contributed by atoms with E-state index in [2.05, 4.69) is 25.8 Å². The molecular formula is C18H18N6O3. The maximum absolute atomic E-state index is 12.7. The van der Waals surface area contributed by atoms with Gasteiger partial charge in [0.1, 0.15) is 17.1 Å². The number of aromatic nitrogens is 5. The third-order valence-corrected chi connectivity index (χ3v) is 5.10. The van der Waals surface area contributed by atoms with E-state index in [-0.39, 0.29) is 23.6 Å². The van der Waals surface area contributed by atoms with Crippen molar-refractivity contribution >= 4 is 16.9 Å². The van der Waals surface area contributed by atoms with Gasteiger partial charge in [-0.05, 0) is 37.1 Å². The third-order valence-electron chi connectivity index (χ3n) is 5.10. The number of aromatic amines is 1. The summed E-state index contributed by atoms with van der Waals surface area (Å²) in [7, 11) is 0. The molecule has 0 radical (unpaired) electrons. The summed E-state index contributed by atoms with van der Waals surface area (Å²) in [5, 5.41) is 18.0. The van der Waals surface area contributed by atoms with E-state index >= 15 is 0 Å². The molecule has 1 saturated carbocycles. The number of rotatable bonds is 4. The largest absolute Gasteiger partial charge is 0.377 e. The summed E-state index contributed by atoms with van der Waals surface area (Å²) >= 11 is 0. The molecule has 5 rings (SSSR count). The number of ether oxygens (including phenoxy) is 1. The van der Waals surface area contributed by atoms with Crippen LogP contribution in [0.15, 0.2) is 35.1 Å². The molecule has 1 aliphatic carbocycles. The lowest BCUT2D eigenvalue weighted by atomic mass is 10.1. The second-order valence-corrected chi connectivity index (χ2v) is 7.03. The molecule has 0 spiro atoms. The lowest BCUT2D eigenvalue weighted by Gasteiger charge is -2.20. The van der Waals surface area contributed by atoms with Gasteiger partial charge in [0.25, 0.3) is 11.5 Å². The predicted octanol–water partition coefficient (Wildman–Crippen LogP) is 0.762. The first-order chi connectivity index (χ1) is 13.2. The van der Waals surface area contributed by atoms with E-state index in [0.29, 0.717) is 35.7 Å². The molecule has 1 aromatic carbocycles. The van der Waals surface area contributed by atoms with Crippen LogP contribution in [0.4, 0.5) is 0 Å². The molecule has 1 amide bonds. The fourth-order valence-corrected chi connectivity index (χ4v) is 3.43. The molecule has 9 nitrogen and oxygen atoms in total. The van der Waals surface area contributed by atoms with Crippen LogP contribution >= 0.6 is 0 Å². The summed E-state index contributed by atoms with van der Waals surface area (Å²) < 4.78 is 7.01. The van der Waals surface area contributed by atoms with Crippen molar-refractivity contribution in [2.24, 2.45) is 0 Å². The lowest BCUT2D eigenvalue weighted by molar-refractivity contribution is 0.0924. The van der Waals surface area contributed by atoms with E-state index in [1.165, 1.54) is 4.68 Å². The molecule has 3 aromatic rings. The summed E-state index contributed by atoms with van der Waals surface area (Å²) in [4.78, 5) is 25.0. The number of nitrogens with one attached hydrogen (secondary N) is 2. The topological polar surface area (TPSA) is 115 Å². The Morgan fingerprint density at radius 3 is 2.85 bits per heavy atom. The molecular weight excluding hydrogens is 348 g/mol. The van der Waals surface area contributed by atoms with Crippen molar-refractivity contribution in [3.8, 4) is 0 Å². The van der Waals surface area contributed by atoms with Crippen LogP contribution in [-0.2, 0) is 4.74 Å². The zero-order valence-corrected chi connectivity index (χ0v) is 14.5. The number of amides is 1. The Morgan fingerprint density at radius 2 is 2.00 bits per heavy atom. The maximum atomic E-state index is 12.7. The number of fused-ring (bicyclic) bond motifs is 1. The maximum Gasteiger partial charge on any atom is 0.267 e. The first-order valence-corrected chi connectivity index (χ1v) is 8.98. The molecule has 2 atom stereocenters. The second-order valence-electron chi connectivity index (χ2n) is 7.03. The quantitative estimate of drug-likeness (QED) is 0.705. The van der Waals surface area contributed by atoms with Gasteiger partial charge in [-0.3, -0.25) is 9.59 Å². The number of hydrogen-bond donors (Lipinski definition) is 2. The van der Waals surface area contributed by atoms with Crippen molar-refractivity contribution in [3.63, 3.8) is 0 Å². The fraction of sp³-hybridized carbons (Fsp3) is 0.389. The van der Waals surface area contributed by atoms with Crippen molar-refractivity contribution in [2.75, 3.05) is 13.2 Å². The van der Waals surface area contributed by atoms with Gasteiger partial charge in [0.05, 0.1) is 24.9 Å². The van der Waals surface area contributed by atoms with E-state index < -0.39 is 0 Å². The summed E-state index contributed by atoms with van der Waals surface area (Å²) in [6.45, 7) is 0.679. The Bertz CT molecular complexity index is 1070. The highest BCUT2D eigenvalue weighted by Gasteiger charge is 2.34. The Kier molecular flexibility index (Phi) is 3.75. The fourth-order valence-electron chi connectivity index (χ4n) is 3.43. The summed E-state index contributed by atoms with van der Waals surface area (Å²) in [6.07, 6.45) is 2.22. The standard InChI is InChI=1S/C18H18N6O3/c25-17-6-5-12(10-1-2-10)22-24(17)16-9-27-8-15(16)19-18(26)11-3-4-13-14(7-11)21-23-20-13/h3-7,10,15-16H,1-2,8-9H2,(H,19,26)(H,20,21,23). The van der Waals surface area contributed by atoms with Gasteiger partial charge in [0, 0.05) is 17.5 Å². The van der Waals surface area contributed by atoms with E-state index in [1.807, 2.05) is 0 Å². The summed E-state index contributed by atoms with van der Waals surface area (Å²) in [6, 6.07) is 7.81. The van der Waals surface area contributed by atoms with E-state index in [4.69, 9.17) is 4.74 Å². The molecule has 2 unspecified atom stereocenters. The van der Waals surface area contributed by atoms with Gasteiger partial charge < -0.3 is 10.1 Å². The van der Waals surface area contributed by atoms with Crippen LogP contribution in [0.3, 0.4) is 0 Å². The van der Waals surface area contributed by atoms with Crippen LogP contribution in [0.5, 0.6) is 0 Å². The van der Waals surface area contributed by atoms with Gasteiger partial charge in [-0.25, -0.2) is 4.68 Å². The Morgan fingerprint density at radius 1 is 1.15 bits per heavy atom. The number of H-pyrrole nitrogens is 1. The van der Waals surface area contributed by atoms with Crippen LogP contribution in [0.2, 0.25) is 0 Å². The zero-order chi connectivity index (χ0) is 18.4. The van der Waals surface area contributed by atoms with Crippen LogP contribution < -0.4 is 10.9 Å². The van der Waals surface area contributed by atoms with Gasteiger partial charge in [0.2, 0.25) is 0 Å². The average molecular weight is 366 g/mol. The number of carbonyl (C=O) groups is 1. The highest BCUT2D eigenvalue weighted by Crippen LogP contribution is 2.38. The smallest absolute Gasteiger partial charge is 0.267 e. The third kappa shape index (κ3) is 2.99. The van der Waals surface area contributed by atoms with Crippen molar-refractivity contribution < 1.29 is 9.53 Å². The minimum absolute atomic E-state index is 0.182. The lowest BCUT2D eigenvalue weighted by Crippen LogP contribution is -2.44. The van der Waals surface area contributed by atoms with Crippen molar-refractivity contribution in [3.05, 3.63) is 51.9 Å². The van der Waals surface area contributed by atoms with E-state index in [0.717, 1.165) is 18.5 Å². The highest BCUT2D eigenvalue weighted by atomic mass is 16.5. The van der Waals surface area contributed by atoms with Gasteiger partial charge in [0.15, 0.2) is 0 Å². The van der Waals surface area contributed by atoms with Gasteiger partial charge >= 0.3 is 0 Å². The van der Waals surface area contributed by atoms with E-state index in [9.17, 15) is 9.59 Å². The molecule has 3 heterocycles. The predicted molar refractivity (Wildman–Crippen MR) is 95.5 cm³/mol. The first-order valence-electron chi connectivity index (χ1n) is 8.98. The van der Waals surface area contributed by atoms with E-state index in [1.54, 1.807) is 30.3 Å². The molecule has 2 fully saturated rings. The molecule has 9 heteroatoms. The molecule has 2 aliphatic rings. The average Bonchev–Trinajstić information content (AvgIpc) is 3.24. The summed E-state index contributed by atoms with van der Waals surface area (Å²) in [5.41, 5.74) is 2.55. The monoisotopic (exact) mass is 366 g/mol. The molecule has 1 aliphatic heterocycles. The first kappa shape index (κ1) is 16.1. The van der Waals surface area contributed by atoms with Crippen molar-refractivity contribution in [2.45, 2.75) is 30.8 Å². The normalized spacial score (nSPS) is 22.2. The highest BCUT2D eigenvalue weighted by molar-refractivity contribution is 5.97. The minimum atomic E-state index is -0.329. The number of carbonyl (C=O) groups excluding carboxylic acids is 1. The van der Waals surface area contributed by atoms with Gasteiger partial charge in [-0.15, -0.1) is 0 Å². The van der Waals surface area contributed by atoms with Crippen LogP contribution in [0.25, 0.3) is 11.0 Å². The molecule has 0 bridgehead atoms. The molecule has 2 aromatic heterocycles. The Balaban J connectivity index is 1.39. The van der Waals surface area contributed by atoms with Gasteiger partial charge in [-0.2, -0.15) is 20.5 Å². The second kappa shape index (κ2) is 6.27. The number of nitrogens with zero attached hydrogens (tertiary/aromatic N) is 4. The Labute approximate surface area is 153 Å². The van der Waals surface area contributed by atoms with Crippen LogP contribution in [0, 0.1) is 0 Å². The zero-order valence-electron chi connectivity index (χ0n) is 14.5. The van der Waals surface area contributed by atoms with Crippen LogP contribution in [0.1, 0.15) is 40.9 Å². The molecule has 138 valence electrons. The minimum Gasteiger partial charge on any atom is -0.377 e. The van der Waals surface area contributed by atoms with Crippen molar-refractivity contribution in [1.29, 1.82) is 0 Å². The van der Waals surface area contributed by atoms with Crippen LogP contribution in [-0.4, -0.2) is 50.4 Å². The molecule has 27 heavy (non-hydrogen) atoms. The Hall–Kier alpha value is -3.07. The SMILES string of the molecule is O=C(NC1COCC1n1nc(C2CC2)ccc1=O)c1ccc2n[nH]nc2c1. The number of benzene rings is 1. The molecule has 1 saturated heterocycles. The van der Waals surface area contributed by atoms with Crippen molar-refractivity contribution in [1.82, 2.24) is 30.5 Å².